The van der Waals surface area contributed by atoms with Crippen molar-refractivity contribution in [3.05, 3.63) is 16.1 Å². The highest BCUT2D eigenvalue weighted by Crippen LogP contribution is 2.07. The predicted molar refractivity (Wildman–Crippen MR) is 55.4 cm³/mol. The van der Waals surface area contributed by atoms with Crippen molar-refractivity contribution in [1.29, 1.82) is 0 Å². The highest BCUT2D eigenvalue weighted by Gasteiger charge is 2.13. The summed E-state index contributed by atoms with van der Waals surface area (Å²) in [4.78, 5) is 14.9. The lowest BCUT2D eigenvalue weighted by Crippen LogP contribution is -2.35. The van der Waals surface area contributed by atoms with Crippen molar-refractivity contribution in [2.75, 3.05) is 0 Å². The maximum absolute atomic E-state index is 10.7. The Kier molecular flexibility index (Phi) is 4.03. The Morgan fingerprint density at radius 2 is 2.50 bits per heavy atom. The Balaban J connectivity index is 2.43. The highest BCUT2D eigenvalue weighted by molar-refractivity contribution is 7.09. The van der Waals surface area contributed by atoms with Gasteiger partial charge in [0.05, 0.1) is 10.7 Å². The van der Waals surface area contributed by atoms with Crippen LogP contribution in [0.4, 0.5) is 0 Å². The molecule has 5 heteroatoms. The predicted octanol–water partition coefficient (Wildman–Crippen LogP) is 1.40. The van der Waals surface area contributed by atoms with E-state index in [1.807, 2.05) is 19.2 Å². The smallest absolute Gasteiger partial charge is 0.320 e. The Morgan fingerprint density at radius 3 is 2.93 bits per heavy atom. The zero-order valence-electron chi connectivity index (χ0n) is 8.28. The average molecular weight is 214 g/mol. The molecule has 14 heavy (non-hydrogen) atoms. The summed E-state index contributed by atoms with van der Waals surface area (Å²) in [6.07, 6.45) is 0.582. The lowest BCUT2D eigenvalue weighted by molar-refractivity contribution is -0.139. The maximum atomic E-state index is 10.7. The number of aryl methyl sites for hydroxylation is 1. The third kappa shape index (κ3) is 3.08. The second-order valence-corrected chi connectivity index (χ2v) is 4.10. The van der Waals surface area contributed by atoms with Gasteiger partial charge in [0.25, 0.3) is 0 Å². The van der Waals surface area contributed by atoms with E-state index in [4.69, 9.17) is 5.11 Å². The van der Waals surface area contributed by atoms with Crippen molar-refractivity contribution in [2.24, 2.45) is 0 Å². The minimum atomic E-state index is -0.806. The lowest BCUT2D eigenvalue weighted by Gasteiger charge is -2.10. The second-order valence-electron chi connectivity index (χ2n) is 3.04. The summed E-state index contributed by atoms with van der Waals surface area (Å²) < 4.78 is 0. The van der Waals surface area contributed by atoms with Crippen LogP contribution in [0, 0.1) is 6.92 Å². The molecule has 1 unspecified atom stereocenters. The molecule has 0 spiro atoms. The summed E-state index contributed by atoms with van der Waals surface area (Å²) in [7, 11) is 0. The number of aliphatic carboxylic acids is 1. The van der Waals surface area contributed by atoms with Gasteiger partial charge in [-0.3, -0.25) is 10.1 Å². The Hall–Kier alpha value is -0.940. The Bertz CT molecular complexity index is 312. The summed E-state index contributed by atoms with van der Waals surface area (Å²) in [6.45, 7) is 4.30. The molecule has 0 aliphatic rings. The summed E-state index contributed by atoms with van der Waals surface area (Å²) in [5.41, 5.74) is 0.909. The molecule has 1 heterocycles. The highest BCUT2D eigenvalue weighted by atomic mass is 32.1. The molecular weight excluding hydrogens is 200 g/mol. The van der Waals surface area contributed by atoms with E-state index in [1.165, 1.54) is 0 Å². The lowest BCUT2D eigenvalue weighted by atomic mass is 10.2. The van der Waals surface area contributed by atoms with E-state index < -0.39 is 12.0 Å². The van der Waals surface area contributed by atoms with Crippen LogP contribution in [0.2, 0.25) is 0 Å². The third-order valence-electron chi connectivity index (χ3n) is 1.90. The van der Waals surface area contributed by atoms with Gasteiger partial charge in [-0.1, -0.05) is 6.92 Å². The number of nitrogens with zero attached hydrogens (tertiary/aromatic N) is 1. The largest absolute Gasteiger partial charge is 0.480 e. The first-order valence-electron chi connectivity index (χ1n) is 4.50. The van der Waals surface area contributed by atoms with Crippen LogP contribution in [0.15, 0.2) is 5.38 Å². The van der Waals surface area contributed by atoms with E-state index in [9.17, 15) is 4.79 Å². The van der Waals surface area contributed by atoms with E-state index in [0.717, 1.165) is 10.7 Å². The van der Waals surface area contributed by atoms with Crippen LogP contribution in [0.25, 0.3) is 0 Å². The molecule has 0 aliphatic heterocycles. The monoisotopic (exact) mass is 214 g/mol. The van der Waals surface area contributed by atoms with Gasteiger partial charge in [-0.2, -0.15) is 0 Å². The molecule has 0 saturated heterocycles. The van der Waals surface area contributed by atoms with Gasteiger partial charge in [-0.15, -0.1) is 11.3 Å². The summed E-state index contributed by atoms with van der Waals surface area (Å²) in [5.74, 6) is -0.806. The number of nitrogens with one attached hydrogen (secondary N) is 1. The number of hydrogen-bond donors (Lipinski definition) is 2. The Morgan fingerprint density at radius 1 is 1.79 bits per heavy atom. The molecule has 1 rings (SSSR count). The first-order valence-corrected chi connectivity index (χ1v) is 5.38. The number of hydrogen-bond acceptors (Lipinski definition) is 4. The molecule has 1 aromatic heterocycles. The van der Waals surface area contributed by atoms with E-state index >= 15 is 0 Å². The Labute approximate surface area is 87.0 Å². The van der Waals surface area contributed by atoms with Gasteiger partial charge in [-0.05, 0) is 13.3 Å². The fourth-order valence-electron chi connectivity index (χ4n) is 1.12. The topological polar surface area (TPSA) is 62.2 Å². The van der Waals surface area contributed by atoms with E-state index in [2.05, 4.69) is 10.3 Å². The fraction of sp³-hybridized carbons (Fsp3) is 0.556. The molecule has 78 valence electrons. The summed E-state index contributed by atoms with van der Waals surface area (Å²) in [5, 5.41) is 14.7. The fourth-order valence-corrected chi connectivity index (χ4v) is 1.74. The SMILES string of the molecule is CCC(NCc1csc(C)n1)C(=O)O. The van der Waals surface area contributed by atoms with Crippen LogP contribution in [0.5, 0.6) is 0 Å². The van der Waals surface area contributed by atoms with Gasteiger partial charge in [0.15, 0.2) is 0 Å². The normalized spacial score (nSPS) is 12.7. The first-order chi connectivity index (χ1) is 6.63. The summed E-state index contributed by atoms with van der Waals surface area (Å²) in [6, 6.07) is -0.475. The molecule has 0 saturated carbocycles. The zero-order chi connectivity index (χ0) is 10.6. The molecular formula is C9H14N2O2S. The zero-order valence-corrected chi connectivity index (χ0v) is 9.10. The van der Waals surface area contributed by atoms with E-state index in [1.54, 1.807) is 11.3 Å². The number of carboxylic acids is 1. The van der Waals surface area contributed by atoms with Crippen molar-refractivity contribution >= 4 is 17.3 Å². The van der Waals surface area contributed by atoms with Crippen molar-refractivity contribution < 1.29 is 9.90 Å². The van der Waals surface area contributed by atoms with Gasteiger partial charge in [0, 0.05) is 11.9 Å². The summed E-state index contributed by atoms with van der Waals surface area (Å²) >= 11 is 1.57. The molecule has 0 aromatic carbocycles. The van der Waals surface area contributed by atoms with Gasteiger partial charge in [-0.25, -0.2) is 4.98 Å². The van der Waals surface area contributed by atoms with Crippen LogP contribution >= 0.6 is 11.3 Å². The van der Waals surface area contributed by atoms with Crippen molar-refractivity contribution in [3.8, 4) is 0 Å². The molecule has 2 N–H and O–H groups in total. The third-order valence-corrected chi connectivity index (χ3v) is 2.72. The molecule has 0 aliphatic carbocycles. The minimum absolute atomic E-state index is 0.475. The molecule has 0 radical (unpaired) electrons. The van der Waals surface area contributed by atoms with Gasteiger partial charge < -0.3 is 5.11 Å². The van der Waals surface area contributed by atoms with Gasteiger partial charge >= 0.3 is 5.97 Å². The maximum Gasteiger partial charge on any atom is 0.320 e. The standard InChI is InChI=1S/C9H14N2O2S/c1-3-8(9(12)13)10-4-7-5-14-6(2)11-7/h5,8,10H,3-4H2,1-2H3,(H,12,13). The minimum Gasteiger partial charge on any atom is -0.480 e. The number of thiazole rings is 1. The van der Waals surface area contributed by atoms with Crippen LogP contribution in [0.3, 0.4) is 0 Å². The number of aromatic nitrogens is 1. The van der Waals surface area contributed by atoms with E-state index in [-0.39, 0.29) is 0 Å². The molecule has 1 atom stereocenters. The van der Waals surface area contributed by atoms with E-state index in [0.29, 0.717) is 13.0 Å². The van der Waals surface area contributed by atoms with Gasteiger partial charge in [0.1, 0.15) is 6.04 Å². The molecule has 0 fully saturated rings. The van der Waals surface area contributed by atoms with Crippen LogP contribution < -0.4 is 5.32 Å². The average Bonchev–Trinajstić information content (AvgIpc) is 2.52. The quantitative estimate of drug-likeness (QED) is 0.777. The van der Waals surface area contributed by atoms with Crippen LogP contribution in [-0.2, 0) is 11.3 Å². The van der Waals surface area contributed by atoms with Gasteiger partial charge in [0.2, 0.25) is 0 Å². The number of rotatable bonds is 5. The van der Waals surface area contributed by atoms with Crippen molar-refractivity contribution in [3.63, 3.8) is 0 Å². The van der Waals surface area contributed by atoms with Crippen LogP contribution in [-0.4, -0.2) is 22.1 Å². The number of carboxylic acid groups (broad SMARTS) is 1. The molecule has 0 bridgehead atoms. The molecule has 4 nitrogen and oxygen atoms in total. The number of carbonyl (C=O) groups is 1. The van der Waals surface area contributed by atoms with Crippen molar-refractivity contribution in [2.45, 2.75) is 32.9 Å². The van der Waals surface area contributed by atoms with Crippen LogP contribution in [0.1, 0.15) is 24.0 Å². The molecule has 1 aromatic rings. The second kappa shape index (κ2) is 5.07. The first kappa shape index (κ1) is 11.1. The molecule has 0 amide bonds. The van der Waals surface area contributed by atoms with Crippen molar-refractivity contribution in [1.82, 2.24) is 10.3 Å².